The molecule has 1 aliphatic heterocycles. The molecule has 1 heterocycles. The van der Waals surface area contributed by atoms with Gasteiger partial charge in [-0.2, -0.15) is 0 Å². The molecule has 0 amide bonds. The molecule has 4 rings (SSSR count). The molecule has 0 aliphatic carbocycles. The van der Waals surface area contributed by atoms with E-state index in [9.17, 15) is 0 Å². The Morgan fingerprint density at radius 3 is 1.89 bits per heavy atom. The van der Waals surface area contributed by atoms with Gasteiger partial charge in [-0.15, -0.1) is 0 Å². The molecular weight excluding hydrogens is 477 g/mol. The van der Waals surface area contributed by atoms with Crippen molar-refractivity contribution in [3.63, 3.8) is 0 Å². The summed E-state index contributed by atoms with van der Waals surface area (Å²) in [6.45, 7) is 12.4. The van der Waals surface area contributed by atoms with Crippen molar-refractivity contribution in [2.75, 3.05) is 6.61 Å². The van der Waals surface area contributed by atoms with Crippen LogP contribution in [-0.2, 0) is 9.16 Å². The summed E-state index contributed by atoms with van der Waals surface area (Å²) in [7, 11) is -2.54. The van der Waals surface area contributed by atoms with Crippen molar-refractivity contribution in [2.45, 2.75) is 75.4 Å². The van der Waals surface area contributed by atoms with Crippen molar-refractivity contribution in [3.8, 4) is 0 Å². The van der Waals surface area contributed by atoms with Crippen LogP contribution in [0.5, 0.6) is 0 Å². The third kappa shape index (κ3) is 5.99. The Morgan fingerprint density at radius 2 is 1.39 bits per heavy atom. The highest BCUT2D eigenvalue weighted by Gasteiger charge is 2.50. The summed E-state index contributed by atoms with van der Waals surface area (Å²) in [6.07, 6.45) is 3.59. The second-order valence-corrected chi connectivity index (χ2v) is 16.6. The van der Waals surface area contributed by atoms with E-state index in [-0.39, 0.29) is 16.6 Å². The molecule has 4 heteroatoms. The monoisotopic (exact) mass is 518 g/mol. The zero-order chi connectivity index (χ0) is 25.6. The van der Waals surface area contributed by atoms with E-state index in [2.05, 4.69) is 126 Å². The highest BCUT2D eigenvalue weighted by molar-refractivity contribution is 7.99. The first kappa shape index (κ1) is 27.2. The molecule has 0 bridgehead atoms. The van der Waals surface area contributed by atoms with Crippen molar-refractivity contribution >= 4 is 30.5 Å². The van der Waals surface area contributed by atoms with Gasteiger partial charge in [0.2, 0.25) is 0 Å². The normalized spacial score (nSPS) is 21.8. The molecule has 3 aromatic rings. The fourth-order valence-electron chi connectivity index (χ4n) is 5.54. The Kier molecular flexibility index (Phi) is 9.16. The summed E-state index contributed by atoms with van der Waals surface area (Å²) >= 11 is 1.87. The van der Waals surface area contributed by atoms with Crippen molar-refractivity contribution in [3.05, 3.63) is 91.0 Å². The number of hydrogen-bond donors (Lipinski definition) is 0. The van der Waals surface area contributed by atoms with Crippen LogP contribution in [0.1, 0.15) is 53.9 Å². The molecule has 0 unspecified atom stereocenters. The molecule has 36 heavy (non-hydrogen) atoms. The van der Waals surface area contributed by atoms with Gasteiger partial charge in [0.15, 0.2) is 0 Å². The van der Waals surface area contributed by atoms with E-state index in [0.29, 0.717) is 11.8 Å². The predicted octanol–water partition coefficient (Wildman–Crippen LogP) is 7.52. The second-order valence-electron chi connectivity index (χ2n) is 11.2. The summed E-state index contributed by atoms with van der Waals surface area (Å²) < 4.78 is 14.1. The Bertz CT molecular complexity index is 1010. The molecule has 0 saturated carbocycles. The van der Waals surface area contributed by atoms with Crippen LogP contribution < -0.4 is 10.4 Å². The SMILES string of the molecule is CC[C@@H](CO[Si](c1ccccc1)(c1ccccc1)C(C)(C)C)[C@H]1CC[C@H](C)[C@@H](Sc2ccccc2)O1. The first-order valence-corrected chi connectivity index (χ1v) is 16.3. The summed E-state index contributed by atoms with van der Waals surface area (Å²) in [4.78, 5) is 1.28. The molecule has 192 valence electrons. The largest absolute Gasteiger partial charge is 0.407 e. The third-order valence-electron chi connectivity index (χ3n) is 7.66. The van der Waals surface area contributed by atoms with Gasteiger partial charge in [0.1, 0.15) is 5.44 Å². The van der Waals surface area contributed by atoms with E-state index < -0.39 is 8.32 Å². The minimum absolute atomic E-state index is 0.0123. The van der Waals surface area contributed by atoms with E-state index in [1.165, 1.54) is 21.7 Å². The lowest BCUT2D eigenvalue weighted by atomic mass is 9.91. The van der Waals surface area contributed by atoms with Crippen LogP contribution in [0, 0.1) is 11.8 Å². The van der Waals surface area contributed by atoms with Gasteiger partial charge >= 0.3 is 0 Å². The number of hydrogen-bond acceptors (Lipinski definition) is 3. The molecule has 2 nitrogen and oxygen atoms in total. The average molecular weight is 519 g/mol. The van der Waals surface area contributed by atoms with E-state index in [4.69, 9.17) is 9.16 Å². The molecule has 0 spiro atoms. The maximum Gasteiger partial charge on any atom is 0.261 e. The van der Waals surface area contributed by atoms with Crippen molar-refractivity contribution in [1.29, 1.82) is 0 Å². The van der Waals surface area contributed by atoms with Crippen LogP contribution >= 0.6 is 11.8 Å². The summed E-state index contributed by atoms with van der Waals surface area (Å²) in [5.41, 5.74) is 0.188. The lowest BCUT2D eigenvalue weighted by Crippen LogP contribution is -2.67. The van der Waals surface area contributed by atoms with Crippen molar-refractivity contribution in [2.24, 2.45) is 11.8 Å². The lowest BCUT2D eigenvalue weighted by molar-refractivity contribution is -0.0710. The van der Waals surface area contributed by atoms with Gasteiger partial charge in [0.25, 0.3) is 8.32 Å². The summed E-state index contributed by atoms with van der Waals surface area (Å²) in [5, 5.41) is 2.67. The van der Waals surface area contributed by atoms with Crippen LogP contribution in [0.25, 0.3) is 0 Å². The van der Waals surface area contributed by atoms with Crippen LogP contribution in [-0.4, -0.2) is 26.5 Å². The topological polar surface area (TPSA) is 18.5 Å². The number of ether oxygens (including phenoxy) is 1. The standard InChI is InChI=1S/C32H42O2SSi/c1-6-26(30-23-22-25(2)31(34-30)35-27-16-10-7-11-17-27)24-33-36(32(3,4)5,28-18-12-8-13-19-28)29-20-14-9-15-21-29/h7-21,25-26,30-31H,6,22-24H2,1-5H3/t25-,26-,30+,31+/m0/s1. The highest BCUT2D eigenvalue weighted by Crippen LogP contribution is 2.40. The third-order valence-corrected chi connectivity index (χ3v) is 14.0. The molecule has 4 atom stereocenters. The quantitative estimate of drug-likeness (QED) is 0.273. The van der Waals surface area contributed by atoms with Gasteiger partial charge in [-0.25, -0.2) is 0 Å². The van der Waals surface area contributed by atoms with Gasteiger partial charge in [-0.3, -0.25) is 0 Å². The van der Waals surface area contributed by atoms with Gasteiger partial charge < -0.3 is 9.16 Å². The maximum atomic E-state index is 7.31. The zero-order valence-corrected chi connectivity index (χ0v) is 24.3. The Hall–Kier alpha value is -1.85. The first-order chi connectivity index (χ1) is 17.3. The number of thioether (sulfide) groups is 1. The van der Waals surface area contributed by atoms with E-state index in [1.807, 2.05) is 11.8 Å². The molecule has 0 aromatic heterocycles. The van der Waals surface area contributed by atoms with Crippen molar-refractivity contribution in [1.82, 2.24) is 0 Å². The Morgan fingerprint density at radius 1 is 0.861 bits per heavy atom. The number of rotatable bonds is 9. The van der Waals surface area contributed by atoms with Crippen LogP contribution in [0.15, 0.2) is 95.9 Å². The van der Waals surface area contributed by atoms with E-state index in [1.54, 1.807) is 0 Å². The molecule has 0 radical (unpaired) electrons. The Balaban J connectivity index is 1.58. The first-order valence-electron chi connectivity index (χ1n) is 13.5. The Labute approximate surface area is 224 Å². The fraction of sp³-hybridized carbons (Fsp3) is 0.438. The highest BCUT2D eigenvalue weighted by atomic mass is 32.2. The molecule has 1 aliphatic rings. The zero-order valence-electron chi connectivity index (χ0n) is 22.5. The van der Waals surface area contributed by atoms with Gasteiger partial charge in [-0.1, -0.05) is 125 Å². The molecular formula is C32H42O2SSi. The van der Waals surface area contributed by atoms with Gasteiger partial charge in [0, 0.05) is 17.4 Å². The summed E-state index contributed by atoms with van der Waals surface area (Å²) in [5.74, 6) is 0.916. The van der Waals surface area contributed by atoms with Crippen molar-refractivity contribution < 1.29 is 9.16 Å². The van der Waals surface area contributed by atoms with Crippen LogP contribution in [0.4, 0.5) is 0 Å². The van der Waals surface area contributed by atoms with Gasteiger partial charge in [0.05, 0.1) is 6.10 Å². The molecule has 1 saturated heterocycles. The minimum Gasteiger partial charge on any atom is -0.407 e. The smallest absolute Gasteiger partial charge is 0.261 e. The molecule has 1 fully saturated rings. The maximum absolute atomic E-state index is 7.31. The molecule has 0 N–H and O–H groups in total. The average Bonchev–Trinajstić information content (AvgIpc) is 2.89. The molecule has 3 aromatic carbocycles. The van der Waals surface area contributed by atoms with E-state index >= 15 is 0 Å². The van der Waals surface area contributed by atoms with Gasteiger partial charge in [-0.05, 0) is 52.7 Å². The van der Waals surface area contributed by atoms with Crippen LogP contribution in [0.2, 0.25) is 5.04 Å². The van der Waals surface area contributed by atoms with Crippen LogP contribution in [0.3, 0.4) is 0 Å². The lowest BCUT2D eigenvalue weighted by Gasteiger charge is -2.45. The summed E-state index contributed by atoms with van der Waals surface area (Å²) in [6, 6.07) is 32.6. The predicted molar refractivity (Wildman–Crippen MR) is 157 cm³/mol. The minimum atomic E-state index is -2.54. The second kappa shape index (κ2) is 12.1. The van der Waals surface area contributed by atoms with E-state index in [0.717, 1.165) is 19.4 Å². The fourth-order valence-corrected chi connectivity index (χ4v) is 11.3. The number of benzene rings is 3.